The average molecular weight is 541 g/mol. The van der Waals surface area contributed by atoms with Crippen molar-refractivity contribution in [3.8, 4) is 11.5 Å². The number of anilines is 1. The molecule has 0 radical (unpaired) electrons. The van der Waals surface area contributed by atoms with E-state index in [1.165, 1.54) is 14.2 Å². The topological polar surface area (TPSA) is 103 Å². The summed E-state index contributed by atoms with van der Waals surface area (Å²) >= 11 is 0. The number of hydrogen-bond acceptors (Lipinski definition) is 8. The molecule has 1 aliphatic heterocycles. The number of ether oxygens (including phenoxy) is 4. The molecule has 38 heavy (non-hydrogen) atoms. The zero-order valence-electron chi connectivity index (χ0n) is 21.7. The summed E-state index contributed by atoms with van der Waals surface area (Å²) in [4.78, 5) is 15.3. The first-order valence-electron chi connectivity index (χ1n) is 12.2. The smallest absolute Gasteiger partial charge is 0.338 e. The Morgan fingerprint density at radius 1 is 1.03 bits per heavy atom. The second-order valence-electron chi connectivity index (χ2n) is 8.81. The van der Waals surface area contributed by atoms with Gasteiger partial charge in [-0.3, -0.25) is 9.62 Å². The molecule has 0 aliphatic carbocycles. The third-order valence-electron chi connectivity index (χ3n) is 6.20. The zero-order valence-corrected chi connectivity index (χ0v) is 22.5. The highest BCUT2D eigenvalue weighted by molar-refractivity contribution is 7.92. The molecular formula is C28H32N2O7S. The molecule has 3 aromatic carbocycles. The summed E-state index contributed by atoms with van der Waals surface area (Å²) in [6.07, 6.45) is 2.76. The number of rotatable bonds is 10. The number of nitrogens with zero attached hydrogens (tertiary/aromatic N) is 1. The van der Waals surface area contributed by atoms with Crippen LogP contribution in [0, 0.1) is 0 Å². The third-order valence-corrected chi connectivity index (χ3v) is 6.79. The second-order valence-corrected chi connectivity index (χ2v) is 10.6. The van der Waals surface area contributed by atoms with Crippen LogP contribution < -0.4 is 14.2 Å². The van der Waals surface area contributed by atoms with E-state index in [1.54, 1.807) is 24.3 Å². The first-order valence-corrected chi connectivity index (χ1v) is 14.1. The van der Waals surface area contributed by atoms with E-state index < -0.39 is 16.0 Å². The summed E-state index contributed by atoms with van der Waals surface area (Å²) in [5.41, 5.74) is 1.59. The van der Waals surface area contributed by atoms with E-state index in [4.69, 9.17) is 18.9 Å². The predicted molar refractivity (Wildman–Crippen MR) is 148 cm³/mol. The highest BCUT2D eigenvalue weighted by atomic mass is 32.2. The van der Waals surface area contributed by atoms with Gasteiger partial charge in [0.15, 0.2) is 5.75 Å². The van der Waals surface area contributed by atoms with Gasteiger partial charge in [-0.25, -0.2) is 13.2 Å². The molecular weight excluding hydrogens is 508 g/mol. The van der Waals surface area contributed by atoms with Crippen molar-refractivity contribution in [2.24, 2.45) is 0 Å². The molecule has 9 nitrogen and oxygen atoms in total. The van der Waals surface area contributed by atoms with E-state index in [0.29, 0.717) is 12.2 Å². The van der Waals surface area contributed by atoms with Gasteiger partial charge in [0, 0.05) is 30.6 Å². The van der Waals surface area contributed by atoms with Crippen LogP contribution in [-0.4, -0.2) is 79.2 Å². The number of para-hydroxylation sites is 1. The maximum Gasteiger partial charge on any atom is 0.338 e. The lowest BCUT2D eigenvalue weighted by Crippen LogP contribution is -2.38. The Hall–Kier alpha value is -3.60. The molecule has 202 valence electrons. The highest BCUT2D eigenvalue weighted by Gasteiger charge is 2.21. The van der Waals surface area contributed by atoms with Gasteiger partial charge in [0.1, 0.15) is 12.4 Å². The predicted octanol–water partition coefficient (Wildman–Crippen LogP) is 3.64. The molecule has 1 heterocycles. The summed E-state index contributed by atoms with van der Waals surface area (Å²) < 4.78 is 48.4. The van der Waals surface area contributed by atoms with Crippen molar-refractivity contribution in [1.82, 2.24) is 4.90 Å². The zero-order chi connectivity index (χ0) is 27.1. The Bertz CT molecular complexity index is 1430. The Morgan fingerprint density at radius 3 is 2.45 bits per heavy atom. The second kappa shape index (κ2) is 12.3. The van der Waals surface area contributed by atoms with Crippen LogP contribution in [0.1, 0.15) is 11.1 Å². The van der Waals surface area contributed by atoms with E-state index in [-0.39, 0.29) is 17.0 Å². The first-order chi connectivity index (χ1) is 18.3. The Kier molecular flexibility index (Phi) is 8.88. The normalized spacial score (nSPS) is 14.8. The molecule has 0 bridgehead atoms. The fourth-order valence-corrected chi connectivity index (χ4v) is 4.98. The largest absolute Gasteiger partial charge is 0.494 e. The number of nitrogens with one attached hydrogen (secondary N) is 1. The quantitative estimate of drug-likeness (QED) is 0.236. The number of carbonyl (C=O) groups is 1. The van der Waals surface area contributed by atoms with Crippen LogP contribution in [0.5, 0.6) is 11.5 Å². The average Bonchev–Trinajstić information content (AvgIpc) is 2.91. The molecule has 0 atom stereocenters. The van der Waals surface area contributed by atoms with Gasteiger partial charge in [0.25, 0.3) is 0 Å². The number of sulfonamides is 1. The SMILES string of the molecule is COC(=O)/C(=C/c1ccc(OCCN2CCOCC2)c2ccccc12)c1cccc(NS(C)(=O)=O)c1OC. The van der Waals surface area contributed by atoms with E-state index in [1.807, 2.05) is 36.4 Å². The summed E-state index contributed by atoms with van der Waals surface area (Å²) in [7, 11) is -0.862. The van der Waals surface area contributed by atoms with Gasteiger partial charge in [-0.2, -0.15) is 0 Å². The van der Waals surface area contributed by atoms with Crippen LogP contribution in [0.15, 0.2) is 54.6 Å². The molecule has 1 N–H and O–H groups in total. The number of hydrogen-bond donors (Lipinski definition) is 1. The van der Waals surface area contributed by atoms with E-state index in [0.717, 1.165) is 61.2 Å². The van der Waals surface area contributed by atoms with Gasteiger partial charge in [-0.1, -0.05) is 42.5 Å². The number of morpholine rings is 1. The molecule has 0 unspecified atom stereocenters. The molecule has 10 heteroatoms. The Balaban J connectivity index is 1.72. The maximum atomic E-state index is 13.0. The van der Waals surface area contributed by atoms with Gasteiger partial charge < -0.3 is 18.9 Å². The van der Waals surface area contributed by atoms with Crippen molar-refractivity contribution >= 4 is 44.1 Å². The molecule has 3 aromatic rings. The van der Waals surface area contributed by atoms with Gasteiger partial charge in [0.2, 0.25) is 10.0 Å². The molecule has 1 aliphatic rings. The summed E-state index contributed by atoms with van der Waals surface area (Å²) in [6, 6.07) is 16.5. The van der Waals surface area contributed by atoms with Gasteiger partial charge in [-0.05, 0) is 29.2 Å². The van der Waals surface area contributed by atoms with Crippen molar-refractivity contribution in [2.75, 3.05) is 64.7 Å². The molecule has 0 spiro atoms. The maximum absolute atomic E-state index is 13.0. The molecule has 0 saturated carbocycles. The number of benzene rings is 3. The summed E-state index contributed by atoms with van der Waals surface area (Å²) in [5.74, 6) is 0.374. The molecule has 1 fully saturated rings. The molecule has 0 aromatic heterocycles. The van der Waals surface area contributed by atoms with Crippen molar-refractivity contribution < 1.29 is 32.2 Å². The minimum absolute atomic E-state index is 0.210. The van der Waals surface area contributed by atoms with Crippen LogP contribution in [-0.2, 0) is 24.3 Å². The van der Waals surface area contributed by atoms with Crippen molar-refractivity contribution in [3.63, 3.8) is 0 Å². The minimum atomic E-state index is -3.57. The fourth-order valence-electron chi connectivity index (χ4n) is 4.42. The lowest BCUT2D eigenvalue weighted by atomic mass is 9.97. The lowest BCUT2D eigenvalue weighted by Gasteiger charge is -2.26. The number of esters is 1. The van der Waals surface area contributed by atoms with Gasteiger partial charge in [-0.15, -0.1) is 0 Å². The van der Waals surface area contributed by atoms with E-state index >= 15 is 0 Å². The summed E-state index contributed by atoms with van der Waals surface area (Å²) in [6.45, 7) is 4.63. The molecule has 1 saturated heterocycles. The lowest BCUT2D eigenvalue weighted by molar-refractivity contribution is -0.133. The first kappa shape index (κ1) is 27.4. The summed E-state index contributed by atoms with van der Waals surface area (Å²) in [5, 5.41) is 1.80. The Labute approximate surface area is 223 Å². The van der Waals surface area contributed by atoms with E-state index in [2.05, 4.69) is 9.62 Å². The number of fused-ring (bicyclic) bond motifs is 1. The van der Waals surface area contributed by atoms with Crippen LogP contribution in [0.25, 0.3) is 22.4 Å². The highest BCUT2D eigenvalue weighted by Crippen LogP contribution is 2.37. The molecule has 0 amide bonds. The van der Waals surface area contributed by atoms with Crippen molar-refractivity contribution in [2.45, 2.75) is 0 Å². The van der Waals surface area contributed by atoms with Crippen LogP contribution in [0.2, 0.25) is 0 Å². The number of methoxy groups -OCH3 is 2. The van der Waals surface area contributed by atoms with E-state index in [9.17, 15) is 13.2 Å². The van der Waals surface area contributed by atoms with Crippen LogP contribution in [0.3, 0.4) is 0 Å². The fraction of sp³-hybridized carbons (Fsp3) is 0.321. The standard InChI is InChI=1S/C28H32N2O7S/c1-34-27-23(9-6-10-25(27)29-38(3,32)33)24(28(31)35-2)19-20-11-12-26(22-8-5-4-7-21(20)22)37-18-15-30-13-16-36-17-14-30/h4-12,19,29H,13-18H2,1-3H3/b24-19+. The minimum Gasteiger partial charge on any atom is -0.494 e. The van der Waals surface area contributed by atoms with Crippen molar-refractivity contribution in [3.05, 3.63) is 65.7 Å². The van der Waals surface area contributed by atoms with Crippen LogP contribution in [0.4, 0.5) is 5.69 Å². The van der Waals surface area contributed by atoms with Crippen LogP contribution >= 0.6 is 0 Å². The Morgan fingerprint density at radius 2 is 1.76 bits per heavy atom. The monoisotopic (exact) mass is 540 g/mol. The van der Waals surface area contributed by atoms with Crippen molar-refractivity contribution in [1.29, 1.82) is 0 Å². The van der Waals surface area contributed by atoms with Gasteiger partial charge in [0.05, 0.1) is 44.9 Å². The number of carbonyl (C=O) groups excluding carboxylic acids is 1. The molecule has 4 rings (SSSR count). The van der Waals surface area contributed by atoms with Gasteiger partial charge >= 0.3 is 5.97 Å². The third kappa shape index (κ3) is 6.63.